The van der Waals surface area contributed by atoms with Crippen molar-refractivity contribution in [3.63, 3.8) is 0 Å². The number of nitrogens with zero attached hydrogens (tertiary/aromatic N) is 2. The molecule has 1 aromatic heterocycles. The van der Waals surface area contributed by atoms with E-state index in [1.54, 1.807) is 0 Å². The molecule has 78 valence electrons. The molecule has 1 unspecified atom stereocenters. The molecule has 1 atom stereocenters. The molecular formula is C11H19N3. The van der Waals surface area contributed by atoms with Crippen LogP contribution in [0.3, 0.4) is 0 Å². The van der Waals surface area contributed by atoms with Gasteiger partial charge in [-0.05, 0) is 37.8 Å². The van der Waals surface area contributed by atoms with Crippen molar-refractivity contribution in [2.75, 3.05) is 19.1 Å². The van der Waals surface area contributed by atoms with Gasteiger partial charge in [0.1, 0.15) is 0 Å². The highest BCUT2D eigenvalue weighted by Crippen LogP contribution is 2.30. The molecule has 0 radical (unpaired) electrons. The topological polar surface area (TPSA) is 34.2 Å². The summed E-state index contributed by atoms with van der Waals surface area (Å²) in [5.41, 5.74) is 10.1. The molecule has 1 aliphatic rings. The van der Waals surface area contributed by atoms with Crippen LogP contribution in [0.1, 0.15) is 35.8 Å². The van der Waals surface area contributed by atoms with E-state index in [0.29, 0.717) is 0 Å². The average molecular weight is 193 g/mol. The van der Waals surface area contributed by atoms with E-state index in [2.05, 4.69) is 36.8 Å². The second kappa shape index (κ2) is 3.31. The van der Waals surface area contributed by atoms with E-state index in [1.807, 2.05) is 0 Å². The van der Waals surface area contributed by atoms with E-state index in [4.69, 9.17) is 5.73 Å². The summed E-state index contributed by atoms with van der Waals surface area (Å²) in [6.45, 7) is 2.14. The van der Waals surface area contributed by atoms with Crippen molar-refractivity contribution >= 4 is 0 Å². The van der Waals surface area contributed by atoms with Gasteiger partial charge in [-0.1, -0.05) is 0 Å². The number of hydrogen-bond donors (Lipinski definition) is 1. The van der Waals surface area contributed by atoms with Crippen molar-refractivity contribution in [2.45, 2.75) is 32.2 Å². The monoisotopic (exact) mass is 193 g/mol. The van der Waals surface area contributed by atoms with Crippen LogP contribution in [0.15, 0.2) is 6.07 Å². The molecule has 2 rings (SSSR count). The third-order valence-electron chi connectivity index (χ3n) is 3.02. The molecule has 0 amide bonds. The first-order chi connectivity index (χ1) is 6.61. The van der Waals surface area contributed by atoms with E-state index in [9.17, 15) is 0 Å². The van der Waals surface area contributed by atoms with Gasteiger partial charge < -0.3 is 10.7 Å². The Balaban J connectivity index is 2.51. The Kier molecular flexibility index (Phi) is 2.27. The standard InChI is InChI=1S/C11H19N3/c1-8-7-9-10(12)5-4-6-11(9)14(8)13(2)3/h7,10H,4-6,12H2,1-3H3. The summed E-state index contributed by atoms with van der Waals surface area (Å²) in [5, 5.41) is 2.13. The number of aryl methyl sites for hydroxylation is 1. The number of fused-ring (bicyclic) bond motifs is 1. The fraction of sp³-hybridized carbons (Fsp3) is 0.636. The van der Waals surface area contributed by atoms with Crippen LogP contribution in [-0.2, 0) is 6.42 Å². The molecule has 0 saturated heterocycles. The van der Waals surface area contributed by atoms with Crippen molar-refractivity contribution in [1.29, 1.82) is 0 Å². The Morgan fingerprint density at radius 3 is 2.86 bits per heavy atom. The lowest BCUT2D eigenvalue weighted by Crippen LogP contribution is -2.29. The van der Waals surface area contributed by atoms with Gasteiger partial charge in [-0.15, -0.1) is 0 Å². The average Bonchev–Trinajstić information content (AvgIpc) is 2.42. The van der Waals surface area contributed by atoms with Crippen LogP contribution in [0.25, 0.3) is 0 Å². The molecule has 0 bridgehead atoms. The van der Waals surface area contributed by atoms with Crippen LogP contribution < -0.4 is 10.7 Å². The number of rotatable bonds is 1. The van der Waals surface area contributed by atoms with Gasteiger partial charge >= 0.3 is 0 Å². The summed E-state index contributed by atoms with van der Waals surface area (Å²) in [6, 6.07) is 2.48. The highest BCUT2D eigenvalue weighted by molar-refractivity contribution is 5.33. The van der Waals surface area contributed by atoms with Crippen LogP contribution in [0, 0.1) is 6.92 Å². The third kappa shape index (κ3) is 1.32. The molecule has 0 spiro atoms. The summed E-state index contributed by atoms with van der Waals surface area (Å²) in [4.78, 5) is 0. The molecule has 14 heavy (non-hydrogen) atoms. The lowest BCUT2D eigenvalue weighted by atomic mass is 9.94. The number of nitrogens with two attached hydrogens (primary N) is 1. The van der Waals surface area contributed by atoms with Crippen molar-refractivity contribution in [3.8, 4) is 0 Å². The second-order valence-electron chi connectivity index (χ2n) is 4.35. The largest absolute Gasteiger partial charge is 0.324 e. The Labute approximate surface area is 85.5 Å². The SMILES string of the molecule is Cc1cc2c(n1N(C)C)CCCC2N. The summed E-state index contributed by atoms with van der Waals surface area (Å²) in [5.74, 6) is 0. The predicted octanol–water partition coefficient (Wildman–Crippen LogP) is 1.33. The van der Waals surface area contributed by atoms with Crippen LogP contribution in [0.4, 0.5) is 0 Å². The van der Waals surface area contributed by atoms with Gasteiger partial charge in [0.05, 0.1) is 0 Å². The highest BCUT2D eigenvalue weighted by Gasteiger charge is 2.22. The Morgan fingerprint density at radius 1 is 1.50 bits per heavy atom. The minimum Gasteiger partial charge on any atom is -0.324 e. The minimum atomic E-state index is 0.249. The van der Waals surface area contributed by atoms with Gasteiger partial charge in [-0.3, -0.25) is 4.68 Å². The van der Waals surface area contributed by atoms with Crippen LogP contribution >= 0.6 is 0 Å². The zero-order valence-electron chi connectivity index (χ0n) is 9.25. The van der Waals surface area contributed by atoms with Crippen LogP contribution in [0.2, 0.25) is 0 Å². The third-order valence-corrected chi connectivity index (χ3v) is 3.02. The van der Waals surface area contributed by atoms with Gasteiger partial charge in [0.25, 0.3) is 0 Å². The Hall–Kier alpha value is -0.960. The zero-order valence-corrected chi connectivity index (χ0v) is 9.25. The Bertz CT molecular complexity index is 339. The molecule has 3 nitrogen and oxygen atoms in total. The van der Waals surface area contributed by atoms with Gasteiger partial charge in [0.15, 0.2) is 0 Å². The first-order valence-corrected chi connectivity index (χ1v) is 5.25. The van der Waals surface area contributed by atoms with Gasteiger partial charge in [-0.25, -0.2) is 0 Å². The van der Waals surface area contributed by atoms with E-state index in [0.717, 1.165) is 12.8 Å². The van der Waals surface area contributed by atoms with Crippen LogP contribution in [0.5, 0.6) is 0 Å². The van der Waals surface area contributed by atoms with E-state index in [-0.39, 0.29) is 6.04 Å². The maximum atomic E-state index is 6.10. The summed E-state index contributed by atoms with van der Waals surface area (Å²) < 4.78 is 2.27. The highest BCUT2D eigenvalue weighted by atomic mass is 15.5. The summed E-state index contributed by atoms with van der Waals surface area (Å²) in [7, 11) is 4.15. The van der Waals surface area contributed by atoms with Gasteiger partial charge in [0, 0.05) is 31.5 Å². The van der Waals surface area contributed by atoms with E-state index >= 15 is 0 Å². The molecule has 1 heterocycles. The summed E-state index contributed by atoms with van der Waals surface area (Å²) >= 11 is 0. The summed E-state index contributed by atoms with van der Waals surface area (Å²) in [6.07, 6.45) is 3.50. The van der Waals surface area contributed by atoms with Crippen molar-refractivity contribution in [3.05, 3.63) is 23.0 Å². The molecule has 0 saturated carbocycles. The molecule has 1 aromatic rings. The smallest absolute Gasteiger partial charge is 0.0447 e. The van der Waals surface area contributed by atoms with E-state index in [1.165, 1.54) is 23.4 Å². The van der Waals surface area contributed by atoms with Gasteiger partial charge in [0.2, 0.25) is 0 Å². The fourth-order valence-electron chi connectivity index (χ4n) is 2.48. The molecule has 0 aromatic carbocycles. The molecule has 2 N–H and O–H groups in total. The van der Waals surface area contributed by atoms with E-state index < -0.39 is 0 Å². The van der Waals surface area contributed by atoms with Crippen LogP contribution in [-0.4, -0.2) is 18.8 Å². The van der Waals surface area contributed by atoms with Crippen molar-refractivity contribution in [1.82, 2.24) is 4.68 Å². The minimum absolute atomic E-state index is 0.249. The quantitative estimate of drug-likeness (QED) is 0.730. The normalized spacial score (nSPS) is 20.7. The van der Waals surface area contributed by atoms with Gasteiger partial charge in [-0.2, -0.15) is 0 Å². The van der Waals surface area contributed by atoms with Crippen molar-refractivity contribution < 1.29 is 0 Å². The molecular weight excluding hydrogens is 174 g/mol. The first kappa shape index (κ1) is 9.59. The number of hydrogen-bond acceptors (Lipinski definition) is 2. The maximum Gasteiger partial charge on any atom is 0.0447 e. The number of aromatic nitrogens is 1. The molecule has 0 fully saturated rings. The molecule has 1 aliphatic carbocycles. The molecule has 0 aliphatic heterocycles. The Morgan fingerprint density at radius 2 is 2.21 bits per heavy atom. The lowest BCUT2D eigenvalue weighted by Gasteiger charge is -2.25. The maximum absolute atomic E-state index is 6.10. The van der Waals surface area contributed by atoms with Crippen molar-refractivity contribution in [2.24, 2.45) is 5.73 Å². The predicted molar refractivity (Wildman–Crippen MR) is 59.1 cm³/mol. The lowest BCUT2D eigenvalue weighted by molar-refractivity contribution is 0.540. The second-order valence-corrected chi connectivity index (χ2v) is 4.35. The first-order valence-electron chi connectivity index (χ1n) is 5.25. The molecule has 3 heteroatoms. The zero-order chi connectivity index (χ0) is 10.3. The fourth-order valence-corrected chi connectivity index (χ4v) is 2.48.